The first-order chi connectivity index (χ1) is 12.6. The number of carbonyl (C=O) groups is 2. The van der Waals surface area contributed by atoms with Crippen molar-refractivity contribution in [3.8, 4) is 0 Å². The lowest BCUT2D eigenvalue weighted by atomic mass is 9.97. The molecule has 0 aliphatic carbocycles. The quantitative estimate of drug-likeness (QED) is 0.809. The van der Waals surface area contributed by atoms with Crippen molar-refractivity contribution in [2.45, 2.75) is 12.8 Å². The summed E-state index contributed by atoms with van der Waals surface area (Å²) in [5.41, 5.74) is 0.540. The number of aromatic nitrogens is 1. The Balaban J connectivity index is 1.41. The molecule has 0 bridgehead atoms. The van der Waals surface area contributed by atoms with Crippen LogP contribution in [0.2, 0.25) is 5.02 Å². The number of rotatable bonds is 4. The number of nitrogens with zero attached hydrogens (tertiary/aromatic N) is 2. The molecule has 0 atom stereocenters. The zero-order valence-corrected chi connectivity index (χ0v) is 15.1. The van der Waals surface area contributed by atoms with Crippen LogP contribution in [-0.4, -0.2) is 36.4 Å². The molecule has 1 aliphatic heterocycles. The molecular formula is C19H21ClN4O2. The van der Waals surface area contributed by atoms with Gasteiger partial charge in [0, 0.05) is 36.5 Å². The lowest BCUT2D eigenvalue weighted by Gasteiger charge is -2.32. The summed E-state index contributed by atoms with van der Waals surface area (Å²) in [6.45, 7) is 2.30. The SMILES string of the molecule is O=C(NCC1CCN(c2ccccn2)CC1)C(=O)Nc1ccc(Cl)cc1. The number of amides is 2. The first-order valence-corrected chi connectivity index (χ1v) is 9.00. The third-order valence-corrected chi connectivity index (χ3v) is 4.70. The van der Waals surface area contributed by atoms with E-state index < -0.39 is 11.8 Å². The lowest BCUT2D eigenvalue weighted by Crippen LogP contribution is -2.42. The van der Waals surface area contributed by atoms with Crippen LogP contribution in [-0.2, 0) is 9.59 Å². The van der Waals surface area contributed by atoms with E-state index in [1.807, 2.05) is 18.2 Å². The molecule has 0 radical (unpaired) electrons. The van der Waals surface area contributed by atoms with Gasteiger partial charge >= 0.3 is 11.8 Å². The highest BCUT2D eigenvalue weighted by molar-refractivity contribution is 6.39. The maximum absolute atomic E-state index is 12.0. The van der Waals surface area contributed by atoms with Gasteiger partial charge in [-0.15, -0.1) is 0 Å². The molecule has 2 heterocycles. The second-order valence-corrected chi connectivity index (χ2v) is 6.73. The van der Waals surface area contributed by atoms with E-state index in [0.717, 1.165) is 31.7 Å². The Labute approximate surface area is 157 Å². The number of carbonyl (C=O) groups excluding carboxylic acids is 2. The number of hydrogen-bond donors (Lipinski definition) is 2. The largest absolute Gasteiger partial charge is 0.357 e. The van der Waals surface area contributed by atoms with Crippen LogP contribution in [0.5, 0.6) is 0 Å². The molecular weight excluding hydrogens is 352 g/mol. The van der Waals surface area contributed by atoms with Gasteiger partial charge in [0.1, 0.15) is 5.82 Å². The van der Waals surface area contributed by atoms with Crippen molar-refractivity contribution in [1.82, 2.24) is 10.3 Å². The first-order valence-electron chi connectivity index (χ1n) is 8.62. The molecule has 26 heavy (non-hydrogen) atoms. The molecule has 0 unspecified atom stereocenters. The fraction of sp³-hybridized carbons (Fsp3) is 0.316. The highest BCUT2D eigenvalue weighted by Crippen LogP contribution is 2.21. The van der Waals surface area contributed by atoms with Gasteiger partial charge in [0.25, 0.3) is 0 Å². The normalized spacial score (nSPS) is 14.7. The average molecular weight is 373 g/mol. The van der Waals surface area contributed by atoms with Crippen LogP contribution in [0, 0.1) is 5.92 Å². The van der Waals surface area contributed by atoms with E-state index in [-0.39, 0.29) is 0 Å². The summed E-state index contributed by atoms with van der Waals surface area (Å²) >= 11 is 5.80. The van der Waals surface area contributed by atoms with Crippen LogP contribution in [0.3, 0.4) is 0 Å². The molecule has 1 aromatic carbocycles. The third-order valence-electron chi connectivity index (χ3n) is 4.45. The summed E-state index contributed by atoms with van der Waals surface area (Å²) in [5.74, 6) is 0.0601. The van der Waals surface area contributed by atoms with Gasteiger partial charge < -0.3 is 15.5 Å². The van der Waals surface area contributed by atoms with Crippen LogP contribution in [0.15, 0.2) is 48.7 Å². The van der Waals surface area contributed by atoms with Crippen molar-refractivity contribution in [2.24, 2.45) is 5.92 Å². The van der Waals surface area contributed by atoms with E-state index >= 15 is 0 Å². The van der Waals surface area contributed by atoms with E-state index in [9.17, 15) is 9.59 Å². The number of nitrogens with one attached hydrogen (secondary N) is 2. The van der Waals surface area contributed by atoms with Crippen LogP contribution < -0.4 is 15.5 Å². The smallest absolute Gasteiger partial charge is 0.313 e. The van der Waals surface area contributed by atoms with Crippen LogP contribution in [0.4, 0.5) is 11.5 Å². The predicted molar refractivity (Wildman–Crippen MR) is 102 cm³/mol. The Morgan fingerprint density at radius 3 is 2.46 bits per heavy atom. The summed E-state index contributed by atoms with van der Waals surface area (Å²) in [7, 11) is 0. The molecule has 1 aliphatic rings. The van der Waals surface area contributed by atoms with Gasteiger partial charge in [-0.25, -0.2) is 4.98 Å². The lowest BCUT2D eigenvalue weighted by molar-refractivity contribution is -0.136. The second-order valence-electron chi connectivity index (χ2n) is 6.29. The number of pyridine rings is 1. The van der Waals surface area contributed by atoms with Crippen molar-refractivity contribution >= 4 is 34.9 Å². The summed E-state index contributed by atoms with van der Waals surface area (Å²) < 4.78 is 0. The van der Waals surface area contributed by atoms with Gasteiger partial charge in [0.05, 0.1) is 0 Å². The molecule has 2 aromatic rings. The van der Waals surface area contributed by atoms with Crippen LogP contribution >= 0.6 is 11.6 Å². The Hall–Kier alpha value is -2.60. The Kier molecular flexibility index (Phi) is 6.07. The van der Waals surface area contributed by atoms with Crippen molar-refractivity contribution in [2.75, 3.05) is 29.9 Å². The number of halogens is 1. The fourth-order valence-corrected chi connectivity index (χ4v) is 3.07. The van der Waals surface area contributed by atoms with Crippen LogP contribution in [0.25, 0.3) is 0 Å². The zero-order valence-electron chi connectivity index (χ0n) is 14.3. The van der Waals surface area contributed by atoms with E-state index in [2.05, 4.69) is 20.5 Å². The topological polar surface area (TPSA) is 74.3 Å². The van der Waals surface area contributed by atoms with Crippen molar-refractivity contribution in [3.63, 3.8) is 0 Å². The monoisotopic (exact) mass is 372 g/mol. The summed E-state index contributed by atoms with van der Waals surface area (Å²) in [6.07, 6.45) is 3.70. The maximum Gasteiger partial charge on any atom is 0.313 e. The second kappa shape index (κ2) is 8.67. The van der Waals surface area contributed by atoms with Crippen molar-refractivity contribution in [3.05, 3.63) is 53.7 Å². The van der Waals surface area contributed by atoms with Gasteiger partial charge in [-0.2, -0.15) is 0 Å². The number of benzene rings is 1. The molecule has 1 saturated heterocycles. The van der Waals surface area contributed by atoms with Crippen molar-refractivity contribution < 1.29 is 9.59 Å². The number of anilines is 2. The molecule has 7 heteroatoms. The molecule has 136 valence electrons. The summed E-state index contributed by atoms with van der Waals surface area (Å²) in [5, 5.41) is 5.86. The van der Waals surface area contributed by atoms with Gasteiger partial charge in [-0.1, -0.05) is 17.7 Å². The molecule has 1 aromatic heterocycles. The highest BCUT2D eigenvalue weighted by atomic mass is 35.5. The van der Waals surface area contributed by atoms with E-state index in [0.29, 0.717) is 23.2 Å². The standard InChI is InChI=1S/C19H21ClN4O2/c20-15-4-6-16(7-5-15)23-19(26)18(25)22-13-14-8-11-24(12-9-14)17-3-1-2-10-21-17/h1-7,10,14H,8-9,11-13H2,(H,22,25)(H,23,26). The zero-order chi connectivity index (χ0) is 18.4. The van der Waals surface area contributed by atoms with Crippen molar-refractivity contribution in [1.29, 1.82) is 0 Å². The number of piperidine rings is 1. The van der Waals surface area contributed by atoms with Gasteiger partial charge in [-0.3, -0.25) is 9.59 Å². The molecule has 1 fully saturated rings. The Morgan fingerprint density at radius 1 is 1.08 bits per heavy atom. The third kappa shape index (κ3) is 4.95. The average Bonchev–Trinajstić information content (AvgIpc) is 2.69. The minimum atomic E-state index is -0.668. The van der Waals surface area contributed by atoms with Crippen LogP contribution in [0.1, 0.15) is 12.8 Å². The Bertz CT molecular complexity index is 744. The molecule has 6 nitrogen and oxygen atoms in total. The maximum atomic E-state index is 12.0. The minimum absolute atomic E-state index is 0.363. The fourth-order valence-electron chi connectivity index (χ4n) is 2.95. The van der Waals surface area contributed by atoms with Gasteiger partial charge in [0.2, 0.25) is 0 Å². The minimum Gasteiger partial charge on any atom is -0.357 e. The van der Waals surface area contributed by atoms with Gasteiger partial charge in [0.15, 0.2) is 0 Å². The summed E-state index contributed by atoms with van der Waals surface area (Å²) in [4.78, 5) is 30.5. The molecule has 3 rings (SSSR count). The van der Waals surface area contributed by atoms with E-state index in [1.54, 1.807) is 30.5 Å². The molecule has 0 spiro atoms. The molecule has 0 saturated carbocycles. The highest BCUT2D eigenvalue weighted by Gasteiger charge is 2.22. The predicted octanol–water partition coefficient (Wildman–Crippen LogP) is 2.71. The first kappa shape index (κ1) is 18.2. The molecule has 2 amide bonds. The Morgan fingerprint density at radius 2 is 1.81 bits per heavy atom. The molecule has 2 N–H and O–H groups in total. The summed E-state index contributed by atoms with van der Waals surface area (Å²) in [6, 6.07) is 12.5. The number of hydrogen-bond acceptors (Lipinski definition) is 4. The van der Waals surface area contributed by atoms with Gasteiger partial charge in [-0.05, 0) is 55.2 Å². The van der Waals surface area contributed by atoms with E-state index in [4.69, 9.17) is 11.6 Å². The van der Waals surface area contributed by atoms with E-state index in [1.165, 1.54) is 0 Å².